The molecule has 0 unspecified atom stereocenters. The Hall–Kier alpha value is -3.52. The van der Waals surface area contributed by atoms with Crippen molar-refractivity contribution in [2.45, 2.75) is 27.2 Å². The van der Waals surface area contributed by atoms with Crippen molar-refractivity contribution in [3.63, 3.8) is 0 Å². The molecule has 2 heterocycles. The third-order valence-electron chi connectivity index (χ3n) is 5.15. The van der Waals surface area contributed by atoms with Crippen molar-refractivity contribution in [2.75, 3.05) is 11.9 Å². The van der Waals surface area contributed by atoms with Gasteiger partial charge in [0, 0.05) is 29.6 Å². The minimum atomic E-state index is -0.674. The van der Waals surface area contributed by atoms with Crippen molar-refractivity contribution in [1.82, 2.24) is 19.9 Å². The molecule has 2 amide bonds. The topological polar surface area (TPSA) is 88.4 Å². The van der Waals surface area contributed by atoms with Crippen molar-refractivity contribution in [3.05, 3.63) is 70.2 Å². The van der Waals surface area contributed by atoms with E-state index in [0.717, 1.165) is 32.9 Å². The number of hydrogen-bond donors (Lipinski definition) is 2. The zero-order chi connectivity index (χ0) is 22.0. The molecule has 0 radical (unpaired) electrons. The van der Waals surface area contributed by atoms with E-state index in [4.69, 9.17) is 0 Å². The zero-order valence-electron chi connectivity index (χ0n) is 17.6. The molecule has 8 heteroatoms. The van der Waals surface area contributed by atoms with Crippen LogP contribution in [0.4, 0.5) is 5.69 Å². The highest BCUT2D eigenvalue weighted by Gasteiger charge is 2.16. The van der Waals surface area contributed by atoms with E-state index in [1.807, 2.05) is 62.5 Å². The summed E-state index contributed by atoms with van der Waals surface area (Å²) in [5.74, 6) is -0.660. The maximum atomic E-state index is 12.2. The maximum absolute atomic E-state index is 12.2. The van der Waals surface area contributed by atoms with Gasteiger partial charge in [0.15, 0.2) is 5.82 Å². The second-order valence-corrected chi connectivity index (χ2v) is 8.27. The van der Waals surface area contributed by atoms with Gasteiger partial charge in [-0.1, -0.05) is 35.9 Å². The second-order valence-electron chi connectivity index (χ2n) is 7.43. The molecule has 0 saturated heterocycles. The molecule has 0 aliphatic heterocycles. The lowest BCUT2D eigenvalue weighted by Gasteiger charge is -2.10. The van der Waals surface area contributed by atoms with E-state index in [1.165, 1.54) is 11.3 Å². The maximum Gasteiger partial charge on any atom is 0.313 e. The molecule has 4 aromatic rings. The van der Waals surface area contributed by atoms with Gasteiger partial charge in [0.25, 0.3) is 0 Å². The SMILES string of the molecule is Cc1cccc(-c2nc3scc(CCNC(=O)C(=O)Nc4cccc(C)c4C)n3n2)c1. The lowest BCUT2D eigenvalue weighted by Crippen LogP contribution is -2.36. The molecule has 0 bridgehead atoms. The number of carbonyl (C=O) groups is 2. The van der Waals surface area contributed by atoms with Gasteiger partial charge in [0.1, 0.15) is 0 Å². The molecule has 158 valence electrons. The van der Waals surface area contributed by atoms with Gasteiger partial charge in [-0.05, 0) is 44.0 Å². The summed E-state index contributed by atoms with van der Waals surface area (Å²) in [6.45, 7) is 6.23. The van der Waals surface area contributed by atoms with Crippen molar-refractivity contribution >= 4 is 33.8 Å². The summed E-state index contributed by atoms with van der Waals surface area (Å²) < 4.78 is 1.80. The first kappa shape index (κ1) is 20.7. The summed E-state index contributed by atoms with van der Waals surface area (Å²) >= 11 is 1.50. The Kier molecular flexibility index (Phi) is 5.81. The largest absolute Gasteiger partial charge is 0.347 e. The number of nitrogens with zero attached hydrogens (tertiary/aromatic N) is 3. The predicted octanol–water partition coefficient (Wildman–Crippen LogP) is 3.68. The Balaban J connectivity index is 1.37. The van der Waals surface area contributed by atoms with Crippen LogP contribution in [0.15, 0.2) is 47.8 Å². The molecular formula is C23H23N5O2S. The lowest BCUT2D eigenvalue weighted by molar-refractivity contribution is -0.136. The number of rotatable bonds is 5. The Labute approximate surface area is 184 Å². The Bertz CT molecular complexity index is 1270. The summed E-state index contributed by atoms with van der Waals surface area (Å²) in [4.78, 5) is 29.8. The fourth-order valence-corrected chi connectivity index (χ4v) is 4.11. The van der Waals surface area contributed by atoms with Gasteiger partial charge < -0.3 is 10.6 Å². The molecule has 0 fully saturated rings. The molecule has 2 N–H and O–H groups in total. The van der Waals surface area contributed by atoms with Crippen LogP contribution in [-0.4, -0.2) is 33.0 Å². The summed E-state index contributed by atoms with van der Waals surface area (Å²) in [7, 11) is 0. The number of benzene rings is 2. The molecule has 0 aliphatic rings. The van der Waals surface area contributed by atoms with Crippen LogP contribution in [-0.2, 0) is 16.0 Å². The van der Waals surface area contributed by atoms with Crippen LogP contribution in [0.2, 0.25) is 0 Å². The van der Waals surface area contributed by atoms with Crippen LogP contribution in [0.25, 0.3) is 16.3 Å². The Morgan fingerprint density at radius 1 is 1.06 bits per heavy atom. The number of hydrogen-bond acceptors (Lipinski definition) is 5. The van der Waals surface area contributed by atoms with Gasteiger partial charge in [-0.25, -0.2) is 4.52 Å². The van der Waals surface area contributed by atoms with E-state index in [1.54, 1.807) is 10.6 Å². The van der Waals surface area contributed by atoms with Gasteiger partial charge in [-0.15, -0.1) is 16.4 Å². The molecule has 0 atom stereocenters. The summed E-state index contributed by atoms with van der Waals surface area (Å²) in [5, 5.41) is 11.9. The molecule has 2 aromatic heterocycles. The molecule has 4 rings (SSSR count). The van der Waals surface area contributed by atoms with Crippen LogP contribution >= 0.6 is 11.3 Å². The van der Waals surface area contributed by atoms with E-state index >= 15 is 0 Å². The lowest BCUT2D eigenvalue weighted by atomic mass is 10.1. The average molecular weight is 434 g/mol. The number of carbonyl (C=O) groups excluding carboxylic acids is 2. The fraction of sp³-hybridized carbons (Fsp3) is 0.217. The summed E-state index contributed by atoms with van der Waals surface area (Å²) in [5.41, 5.74) is 5.70. The average Bonchev–Trinajstić information content (AvgIpc) is 3.33. The van der Waals surface area contributed by atoms with Crippen molar-refractivity contribution in [3.8, 4) is 11.4 Å². The predicted molar refractivity (Wildman–Crippen MR) is 122 cm³/mol. The van der Waals surface area contributed by atoms with Gasteiger partial charge in [0.2, 0.25) is 4.96 Å². The minimum absolute atomic E-state index is 0.324. The standard InChI is InChI=1S/C23H23N5O2S/c1-14-6-4-8-17(12-14)20-26-23-28(27-20)18(13-31-23)10-11-24-21(29)22(30)25-19-9-5-7-15(2)16(19)3/h4-9,12-13H,10-11H2,1-3H3,(H,24,29)(H,25,30). The van der Waals surface area contributed by atoms with Gasteiger partial charge in [-0.2, -0.15) is 4.98 Å². The summed E-state index contributed by atoms with van der Waals surface area (Å²) in [6.07, 6.45) is 0.541. The third kappa shape index (κ3) is 4.49. The molecule has 2 aromatic carbocycles. The van der Waals surface area contributed by atoms with Crippen molar-refractivity contribution in [1.29, 1.82) is 0 Å². The highest BCUT2D eigenvalue weighted by molar-refractivity contribution is 7.15. The highest BCUT2D eigenvalue weighted by Crippen LogP contribution is 2.22. The van der Waals surface area contributed by atoms with Crippen molar-refractivity contribution in [2.24, 2.45) is 0 Å². The second kappa shape index (κ2) is 8.69. The van der Waals surface area contributed by atoms with E-state index in [0.29, 0.717) is 24.5 Å². The van der Waals surface area contributed by atoms with Crippen LogP contribution in [0.3, 0.4) is 0 Å². The summed E-state index contributed by atoms with van der Waals surface area (Å²) in [6, 6.07) is 13.6. The first-order valence-corrected chi connectivity index (χ1v) is 10.9. The molecular weight excluding hydrogens is 410 g/mol. The number of amides is 2. The Morgan fingerprint density at radius 2 is 1.87 bits per heavy atom. The minimum Gasteiger partial charge on any atom is -0.347 e. The number of nitrogens with one attached hydrogen (secondary N) is 2. The van der Waals surface area contributed by atoms with E-state index in [-0.39, 0.29) is 0 Å². The fourth-order valence-electron chi connectivity index (χ4n) is 3.25. The van der Waals surface area contributed by atoms with Gasteiger partial charge >= 0.3 is 11.8 Å². The number of aryl methyl sites for hydroxylation is 2. The monoisotopic (exact) mass is 433 g/mol. The number of aromatic nitrogens is 3. The number of anilines is 1. The van der Waals surface area contributed by atoms with Crippen LogP contribution < -0.4 is 10.6 Å². The molecule has 0 saturated carbocycles. The van der Waals surface area contributed by atoms with Crippen LogP contribution in [0.5, 0.6) is 0 Å². The molecule has 0 spiro atoms. The Morgan fingerprint density at radius 3 is 2.68 bits per heavy atom. The normalized spacial score (nSPS) is 10.9. The van der Waals surface area contributed by atoms with Crippen molar-refractivity contribution < 1.29 is 9.59 Å². The van der Waals surface area contributed by atoms with E-state index in [9.17, 15) is 9.59 Å². The molecule has 7 nitrogen and oxygen atoms in total. The molecule has 0 aliphatic carbocycles. The van der Waals surface area contributed by atoms with Gasteiger partial charge in [-0.3, -0.25) is 9.59 Å². The quantitative estimate of drug-likeness (QED) is 0.470. The molecule has 31 heavy (non-hydrogen) atoms. The third-order valence-corrected chi connectivity index (χ3v) is 6.02. The van der Waals surface area contributed by atoms with E-state index < -0.39 is 11.8 Å². The first-order valence-electron chi connectivity index (χ1n) is 9.98. The van der Waals surface area contributed by atoms with Crippen LogP contribution in [0.1, 0.15) is 22.4 Å². The van der Waals surface area contributed by atoms with Gasteiger partial charge in [0.05, 0.1) is 5.69 Å². The first-order chi connectivity index (χ1) is 14.9. The highest BCUT2D eigenvalue weighted by atomic mass is 32.1. The smallest absolute Gasteiger partial charge is 0.313 e. The number of thiazole rings is 1. The van der Waals surface area contributed by atoms with E-state index in [2.05, 4.69) is 20.7 Å². The van der Waals surface area contributed by atoms with Crippen LogP contribution in [0, 0.1) is 20.8 Å². The zero-order valence-corrected chi connectivity index (χ0v) is 18.4. The number of fused-ring (bicyclic) bond motifs is 1.